The number of nitrogens with zero attached hydrogens (tertiary/aromatic N) is 2. The third-order valence-corrected chi connectivity index (χ3v) is 2.56. The molecule has 1 aromatic heterocycles. The Morgan fingerprint density at radius 3 is 2.69 bits per heavy atom. The molecular formula is C11H10BrFN2O. The minimum atomic E-state index is -0.409. The van der Waals surface area contributed by atoms with Gasteiger partial charge >= 0.3 is 0 Å². The molecular weight excluding hydrogens is 275 g/mol. The van der Waals surface area contributed by atoms with Gasteiger partial charge in [-0.15, -0.1) is 0 Å². The Morgan fingerprint density at radius 1 is 1.38 bits per heavy atom. The van der Waals surface area contributed by atoms with Crippen molar-refractivity contribution in [3.63, 3.8) is 0 Å². The Balaban J connectivity index is 2.30. The molecule has 0 atom stereocenters. The fourth-order valence-electron chi connectivity index (χ4n) is 1.35. The molecule has 0 unspecified atom stereocenters. The molecule has 1 heterocycles. The molecule has 1 aromatic carbocycles. The largest absolute Gasteiger partial charge is 0.436 e. The first-order chi connectivity index (χ1) is 7.56. The van der Waals surface area contributed by atoms with Gasteiger partial charge in [0.15, 0.2) is 11.6 Å². The summed E-state index contributed by atoms with van der Waals surface area (Å²) in [6.45, 7) is 1.85. The maximum atomic E-state index is 13.5. The molecule has 0 amide bonds. The lowest BCUT2D eigenvalue weighted by Gasteiger charge is -2.06. The lowest BCUT2D eigenvalue weighted by Crippen LogP contribution is -1.96. The van der Waals surface area contributed by atoms with Crippen LogP contribution in [0.4, 0.5) is 4.39 Å². The average molecular weight is 285 g/mol. The van der Waals surface area contributed by atoms with Gasteiger partial charge in [0.2, 0.25) is 5.88 Å². The molecule has 0 aliphatic carbocycles. The van der Waals surface area contributed by atoms with Crippen molar-refractivity contribution in [1.29, 1.82) is 0 Å². The third-order valence-electron chi connectivity index (χ3n) is 2.07. The van der Waals surface area contributed by atoms with Gasteiger partial charge in [0.25, 0.3) is 0 Å². The number of aryl methyl sites for hydroxylation is 2. The Hall–Kier alpha value is -1.36. The maximum absolute atomic E-state index is 13.5. The molecule has 0 saturated heterocycles. The summed E-state index contributed by atoms with van der Waals surface area (Å²) in [7, 11) is 1.75. The van der Waals surface area contributed by atoms with Crippen molar-refractivity contribution >= 4 is 15.9 Å². The molecule has 2 rings (SSSR count). The fourth-order valence-corrected chi connectivity index (χ4v) is 1.69. The predicted molar refractivity (Wildman–Crippen MR) is 62.1 cm³/mol. The number of halogens is 2. The van der Waals surface area contributed by atoms with Gasteiger partial charge in [-0.1, -0.05) is 15.9 Å². The number of hydrogen-bond acceptors (Lipinski definition) is 2. The van der Waals surface area contributed by atoms with Gasteiger partial charge < -0.3 is 4.74 Å². The zero-order valence-electron chi connectivity index (χ0n) is 8.87. The standard InChI is InChI=1S/C11H10BrFN2O/c1-7-5-11(15(2)14-7)16-10-4-3-8(12)6-9(10)13/h3-6H,1-2H3. The first-order valence-electron chi connectivity index (χ1n) is 4.70. The normalized spacial score (nSPS) is 10.5. The summed E-state index contributed by atoms with van der Waals surface area (Å²) in [5.74, 6) is 0.290. The quantitative estimate of drug-likeness (QED) is 0.845. The van der Waals surface area contributed by atoms with E-state index in [1.165, 1.54) is 6.07 Å². The van der Waals surface area contributed by atoms with Crippen LogP contribution in [-0.2, 0) is 7.05 Å². The molecule has 0 radical (unpaired) electrons. The highest BCUT2D eigenvalue weighted by molar-refractivity contribution is 9.10. The van der Waals surface area contributed by atoms with E-state index >= 15 is 0 Å². The Kier molecular flexibility index (Phi) is 2.96. The van der Waals surface area contributed by atoms with Gasteiger partial charge in [-0.05, 0) is 25.1 Å². The van der Waals surface area contributed by atoms with Gasteiger partial charge in [-0.3, -0.25) is 0 Å². The Morgan fingerprint density at radius 2 is 2.12 bits per heavy atom. The van der Waals surface area contributed by atoms with Crippen molar-refractivity contribution in [2.75, 3.05) is 0 Å². The van der Waals surface area contributed by atoms with E-state index in [2.05, 4.69) is 21.0 Å². The van der Waals surface area contributed by atoms with Crippen molar-refractivity contribution in [3.8, 4) is 11.6 Å². The molecule has 84 valence electrons. The molecule has 0 bridgehead atoms. The van der Waals surface area contributed by atoms with E-state index in [0.717, 1.165) is 5.69 Å². The fraction of sp³-hybridized carbons (Fsp3) is 0.182. The van der Waals surface area contributed by atoms with Crippen LogP contribution in [0.5, 0.6) is 11.6 Å². The summed E-state index contributed by atoms with van der Waals surface area (Å²) < 4.78 is 21.2. The van der Waals surface area contributed by atoms with Gasteiger partial charge in [-0.25, -0.2) is 9.07 Å². The Bertz CT molecular complexity index is 525. The summed E-state index contributed by atoms with van der Waals surface area (Å²) >= 11 is 3.19. The molecule has 0 fully saturated rings. The second-order valence-electron chi connectivity index (χ2n) is 3.42. The van der Waals surface area contributed by atoms with Gasteiger partial charge in [0.05, 0.1) is 5.69 Å². The second-order valence-corrected chi connectivity index (χ2v) is 4.34. The first-order valence-corrected chi connectivity index (χ1v) is 5.49. The topological polar surface area (TPSA) is 27.1 Å². The minimum Gasteiger partial charge on any atom is -0.436 e. The van der Waals surface area contributed by atoms with Crippen LogP contribution in [-0.4, -0.2) is 9.78 Å². The smallest absolute Gasteiger partial charge is 0.217 e. The van der Waals surface area contributed by atoms with E-state index < -0.39 is 5.82 Å². The van der Waals surface area contributed by atoms with E-state index in [1.807, 2.05) is 6.92 Å². The number of rotatable bonds is 2. The number of hydrogen-bond donors (Lipinski definition) is 0. The number of benzene rings is 1. The highest BCUT2D eigenvalue weighted by Crippen LogP contribution is 2.26. The van der Waals surface area contributed by atoms with Crippen LogP contribution >= 0.6 is 15.9 Å². The van der Waals surface area contributed by atoms with Crippen LogP contribution in [0.1, 0.15) is 5.69 Å². The van der Waals surface area contributed by atoms with Gasteiger partial charge in [0.1, 0.15) is 0 Å². The van der Waals surface area contributed by atoms with E-state index in [-0.39, 0.29) is 5.75 Å². The highest BCUT2D eigenvalue weighted by atomic mass is 79.9. The molecule has 3 nitrogen and oxygen atoms in total. The predicted octanol–water partition coefficient (Wildman–Crippen LogP) is 3.42. The van der Waals surface area contributed by atoms with Crippen molar-refractivity contribution in [1.82, 2.24) is 9.78 Å². The van der Waals surface area contributed by atoms with Crippen molar-refractivity contribution in [2.24, 2.45) is 7.05 Å². The summed E-state index contributed by atoms with van der Waals surface area (Å²) in [6, 6.07) is 6.41. The summed E-state index contributed by atoms with van der Waals surface area (Å²) in [5, 5.41) is 4.11. The van der Waals surface area contributed by atoms with Gasteiger partial charge in [-0.2, -0.15) is 5.10 Å². The third kappa shape index (κ3) is 2.24. The lowest BCUT2D eigenvalue weighted by molar-refractivity contribution is 0.403. The molecule has 5 heteroatoms. The zero-order chi connectivity index (χ0) is 11.7. The SMILES string of the molecule is Cc1cc(Oc2ccc(Br)cc2F)n(C)n1. The van der Waals surface area contributed by atoms with E-state index in [1.54, 1.807) is 29.9 Å². The Labute approximate surface area is 101 Å². The van der Waals surface area contributed by atoms with Crippen LogP contribution in [0.15, 0.2) is 28.7 Å². The van der Waals surface area contributed by atoms with Gasteiger partial charge in [0, 0.05) is 17.6 Å². The van der Waals surface area contributed by atoms with Crippen molar-refractivity contribution in [2.45, 2.75) is 6.92 Å². The van der Waals surface area contributed by atoms with Crippen LogP contribution < -0.4 is 4.74 Å². The lowest BCUT2D eigenvalue weighted by atomic mass is 10.3. The van der Waals surface area contributed by atoms with E-state index in [0.29, 0.717) is 10.4 Å². The van der Waals surface area contributed by atoms with Crippen LogP contribution in [0.3, 0.4) is 0 Å². The van der Waals surface area contributed by atoms with Crippen LogP contribution in [0.25, 0.3) is 0 Å². The van der Waals surface area contributed by atoms with Crippen LogP contribution in [0, 0.1) is 12.7 Å². The average Bonchev–Trinajstić information content (AvgIpc) is 2.50. The first kappa shape index (κ1) is 11.1. The monoisotopic (exact) mass is 284 g/mol. The highest BCUT2D eigenvalue weighted by Gasteiger charge is 2.08. The summed E-state index contributed by atoms with van der Waals surface area (Å²) in [4.78, 5) is 0. The summed E-state index contributed by atoms with van der Waals surface area (Å²) in [6.07, 6.45) is 0. The van der Waals surface area contributed by atoms with Crippen molar-refractivity contribution < 1.29 is 9.13 Å². The molecule has 0 aliphatic heterocycles. The van der Waals surface area contributed by atoms with Crippen molar-refractivity contribution in [3.05, 3.63) is 40.2 Å². The molecule has 16 heavy (non-hydrogen) atoms. The minimum absolute atomic E-state index is 0.186. The number of ether oxygens (including phenoxy) is 1. The van der Waals surface area contributed by atoms with E-state index in [9.17, 15) is 4.39 Å². The number of aromatic nitrogens is 2. The molecule has 0 N–H and O–H groups in total. The molecule has 0 spiro atoms. The van der Waals surface area contributed by atoms with Crippen LogP contribution in [0.2, 0.25) is 0 Å². The van der Waals surface area contributed by atoms with E-state index in [4.69, 9.17) is 4.74 Å². The molecule has 2 aromatic rings. The summed E-state index contributed by atoms with van der Waals surface area (Å²) in [5.41, 5.74) is 0.829. The molecule has 0 aliphatic rings. The maximum Gasteiger partial charge on any atom is 0.217 e. The second kappa shape index (κ2) is 4.25. The molecule has 0 saturated carbocycles. The zero-order valence-corrected chi connectivity index (χ0v) is 10.5.